The summed E-state index contributed by atoms with van der Waals surface area (Å²) in [6.07, 6.45) is 5.90. The highest BCUT2D eigenvalue weighted by Crippen LogP contribution is 2.19. The van der Waals surface area contributed by atoms with Crippen molar-refractivity contribution in [2.75, 3.05) is 6.61 Å². The van der Waals surface area contributed by atoms with Crippen LogP contribution in [0.15, 0.2) is 36.9 Å². The van der Waals surface area contributed by atoms with E-state index in [0.717, 1.165) is 38.0 Å². The van der Waals surface area contributed by atoms with Gasteiger partial charge in [-0.2, -0.15) is 0 Å². The first-order chi connectivity index (χ1) is 9.46. The Labute approximate surface area is 124 Å². The summed E-state index contributed by atoms with van der Waals surface area (Å²) in [5.74, 6) is 1.46. The molecule has 2 unspecified atom stereocenters. The first-order valence-electron chi connectivity index (χ1n) is 7.58. The van der Waals surface area contributed by atoms with Gasteiger partial charge in [0.2, 0.25) is 0 Å². The van der Waals surface area contributed by atoms with Crippen molar-refractivity contribution in [3.8, 4) is 5.75 Å². The molecule has 0 radical (unpaired) electrons. The fourth-order valence-corrected chi connectivity index (χ4v) is 2.15. The molecular formula is C18H29NO. The number of rotatable bonds is 9. The Balaban J connectivity index is 2.31. The number of hydrogen-bond donors (Lipinski definition) is 1. The van der Waals surface area contributed by atoms with E-state index < -0.39 is 0 Å². The summed E-state index contributed by atoms with van der Waals surface area (Å²) < 4.78 is 5.83. The van der Waals surface area contributed by atoms with Crippen molar-refractivity contribution in [1.82, 2.24) is 0 Å². The SMILES string of the molecule is C=CCC(C)(N)CCC(C)COc1ccc(CC)cc1. The molecule has 0 aliphatic carbocycles. The second-order valence-electron chi connectivity index (χ2n) is 6.10. The Morgan fingerprint density at radius 2 is 2.00 bits per heavy atom. The summed E-state index contributed by atoms with van der Waals surface area (Å²) in [6, 6.07) is 8.36. The van der Waals surface area contributed by atoms with Gasteiger partial charge >= 0.3 is 0 Å². The molecule has 1 aromatic carbocycles. The monoisotopic (exact) mass is 275 g/mol. The molecule has 0 fully saturated rings. The van der Waals surface area contributed by atoms with Gasteiger partial charge in [0.1, 0.15) is 5.75 Å². The molecule has 2 N–H and O–H groups in total. The molecule has 1 rings (SSSR count). The first kappa shape index (κ1) is 16.8. The van der Waals surface area contributed by atoms with Gasteiger partial charge in [-0.15, -0.1) is 6.58 Å². The van der Waals surface area contributed by atoms with Crippen LogP contribution in [0.3, 0.4) is 0 Å². The minimum atomic E-state index is -0.140. The van der Waals surface area contributed by atoms with Crippen molar-refractivity contribution >= 4 is 0 Å². The standard InChI is InChI=1S/C18H29NO/c1-5-12-18(4,19)13-11-15(3)14-20-17-9-7-16(6-2)8-10-17/h5,7-10,15H,1,6,11-14,19H2,2-4H3. The van der Waals surface area contributed by atoms with E-state index in [2.05, 4.69) is 51.6 Å². The molecule has 0 aliphatic rings. The summed E-state index contributed by atoms with van der Waals surface area (Å²) in [4.78, 5) is 0. The number of ether oxygens (including phenoxy) is 1. The Kier molecular flexibility index (Phi) is 6.80. The van der Waals surface area contributed by atoms with Crippen LogP contribution in [0.25, 0.3) is 0 Å². The lowest BCUT2D eigenvalue weighted by Gasteiger charge is -2.24. The molecule has 0 bridgehead atoms. The number of aryl methyl sites for hydroxylation is 1. The minimum Gasteiger partial charge on any atom is -0.493 e. The Bertz CT molecular complexity index is 394. The van der Waals surface area contributed by atoms with Gasteiger partial charge in [-0.3, -0.25) is 0 Å². The molecule has 112 valence electrons. The number of nitrogens with two attached hydrogens (primary N) is 1. The van der Waals surface area contributed by atoms with Crippen molar-refractivity contribution in [2.24, 2.45) is 11.7 Å². The third-order valence-electron chi connectivity index (χ3n) is 3.69. The van der Waals surface area contributed by atoms with Crippen molar-refractivity contribution < 1.29 is 4.74 Å². The topological polar surface area (TPSA) is 35.2 Å². The lowest BCUT2D eigenvalue weighted by Crippen LogP contribution is -2.36. The zero-order valence-corrected chi connectivity index (χ0v) is 13.2. The highest BCUT2D eigenvalue weighted by Gasteiger charge is 2.17. The molecule has 0 saturated heterocycles. The second kappa shape index (κ2) is 8.11. The molecule has 0 aliphatic heterocycles. The van der Waals surface area contributed by atoms with Crippen LogP contribution >= 0.6 is 0 Å². The smallest absolute Gasteiger partial charge is 0.119 e. The van der Waals surface area contributed by atoms with E-state index in [1.807, 2.05) is 6.08 Å². The second-order valence-corrected chi connectivity index (χ2v) is 6.10. The minimum absolute atomic E-state index is 0.140. The van der Waals surface area contributed by atoms with Crippen LogP contribution in [0.5, 0.6) is 5.75 Å². The third kappa shape index (κ3) is 6.25. The van der Waals surface area contributed by atoms with E-state index in [9.17, 15) is 0 Å². The molecule has 0 saturated carbocycles. The summed E-state index contributed by atoms with van der Waals surface area (Å²) in [5, 5.41) is 0. The van der Waals surface area contributed by atoms with E-state index in [1.165, 1.54) is 5.56 Å². The molecule has 0 heterocycles. The quantitative estimate of drug-likeness (QED) is 0.680. The summed E-state index contributed by atoms with van der Waals surface area (Å²) in [6.45, 7) is 11.0. The van der Waals surface area contributed by atoms with Gasteiger partial charge in [-0.1, -0.05) is 32.1 Å². The predicted molar refractivity (Wildman–Crippen MR) is 87.1 cm³/mol. The molecule has 2 heteroatoms. The van der Waals surface area contributed by atoms with Crippen LogP contribution in [-0.2, 0) is 6.42 Å². The molecular weight excluding hydrogens is 246 g/mol. The maximum absolute atomic E-state index is 6.20. The Hall–Kier alpha value is -1.28. The summed E-state index contributed by atoms with van der Waals surface area (Å²) in [7, 11) is 0. The van der Waals surface area contributed by atoms with E-state index in [0.29, 0.717) is 5.92 Å². The van der Waals surface area contributed by atoms with Crippen molar-refractivity contribution in [3.63, 3.8) is 0 Å². The lowest BCUT2D eigenvalue weighted by molar-refractivity contribution is 0.239. The summed E-state index contributed by atoms with van der Waals surface area (Å²) in [5.41, 5.74) is 7.40. The van der Waals surface area contributed by atoms with Gasteiger partial charge in [0.25, 0.3) is 0 Å². The van der Waals surface area contributed by atoms with Crippen molar-refractivity contribution in [2.45, 2.75) is 52.0 Å². The van der Waals surface area contributed by atoms with Gasteiger partial charge in [0.15, 0.2) is 0 Å². The van der Waals surface area contributed by atoms with Crippen LogP contribution in [0.1, 0.15) is 45.6 Å². The maximum atomic E-state index is 6.20. The molecule has 2 atom stereocenters. The number of hydrogen-bond acceptors (Lipinski definition) is 2. The van der Waals surface area contributed by atoms with Crippen LogP contribution in [0, 0.1) is 5.92 Å². The molecule has 0 spiro atoms. The van der Waals surface area contributed by atoms with Crippen LogP contribution in [0.2, 0.25) is 0 Å². The molecule has 2 nitrogen and oxygen atoms in total. The summed E-state index contributed by atoms with van der Waals surface area (Å²) >= 11 is 0. The fraction of sp³-hybridized carbons (Fsp3) is 0.556. The van der Waals surface area contributed by atoms with E-state index in [4.69, 9.17) is 10.5 Å². The van der Waals surface area contributed by atoms with Crippen LogP contribution in [0.4, 0.5) is 0 Å². The van der Waals surface area contributed by atoms with Crippen LogP contribution < -0.4 is 10.5 Å². The fourth-order valence-electron chi connectivity index (χ4n) is 2.15. The maximum Gasteiger partial charge on any atom is 0.119 e. The van der Waals surface area contributed by atoms with Crippen molar-refractivity contribution in [3.05, 3.63) is 42.5 Å². The Morgan fingerprint density at radius 1 is 1.35 bits per heavy atom. The van der Waals surface area contributed by atoms with Crippen molar-refractivity contribution in [1.29, 1.82) is 0 Å². The Morgan fingerprint density at radius 3 is 2.55 bits per heavy atom. The predicted octanol–water partition coefficient (Wildman–Crippen LogP) is 4.34. The third-order valence-corrected chi connectivity index (χ3v) is 3.69. The van der Waals surface area contributed by atoms with Gasteiger partial charge in [0, 0.05) is 5.54 Å². The van der Waals surface area contributed by atoms with E-state index in [-0.39, 0.29) is 5.54 Å². The zero-order valence-electron chi connectivity index (χ0n) is 13.2. The van der Waals surface area contributed by atoms with Gasteiger partial charge in [-0.05, 0) is 56.2 Å². The van der Waals surface area contributed by atoms with E-state index >= 15 is 0 Å². The normalized spacial score (nSPS) is 15.4. The lowest BCUT2D eigenvalue weighted by atomic mass is 9.90. The molecule has 0 amide bonds. The van der Waals surface area contributed by atoms with Crippen LogP contribution in [-0.4, -0.2) is 12.1 Å². The highest BCUT2D eigenvalue weighted by molar-refractivity contribution is 5.27. The average molecular weight is 275 g/mol. The van der Waals surface area contributed by atoms with E-state index in [1.54, 1.807) is 0 Å². The first-order valence-corrected chi connectivity index (χ1v) is 7.58. The molecule has 0 aromatic heterocycles. The average Bonchev–Trinajstić information content (AvgIpc) is 2.43. The van der Waals surface area contributed by atoms with Gasteiger partial charge in [-0.25, -0.2) is 0 Å². The molecule has 1 aromatic rings. The highest BCUT2D eigenvalue weighted by atomic mass is 16.5. The number of benzene rings is 1. The zero-order chi connectivity index (χ0) is 15.0. The molecule has 20 heavy (non-hydrogen) atoms. The van der Waals surface area contributed by atoms with Gasteiger partial charge in [0.05, 0.1) is 6.61 Å². The van der Waals surface area contributed by atoms with Gasteiger partial charge < -0.3 is 10.5 Å². The largest absolute Gasteiger partial charge is 0.493 e.